The summed E-state index contributed by atoms with van der Waals surface area (Å²) in [6.07, 6.45) is 1.89. The number of hydrogen-bond acceptors (Lipinski definition) is 5. The van der Waals surface area contributed by atoms with Gasteiger partial charge in [-0.05, 0) is 80.8 Å². The van der Waals surface area contributed by atoms with Crippen LogP contribution in [0, 0.1) is 0 Å². The fourth-order valence-electron chi connectivity index (χ4n) is 3.71. The van der Waals surface area contributed by atoms with Crippen LogP contribution in [-0.4, -0.2) is 49.1 Å². The highest BCUT2D eigenvalue weighted by Crippen LogP contribution is 2.28. The summed E-state index contributed by atoms with van der Waals surface area (Å²) in [6.45, 7) is 1.97. The number of carbonyl (C=O) groups is 1. The minimum atomic E-state index is 0.0360. The smallest absolute Gasteiger partial charge is 0.269 e. The number of nitrogens with zero attached hydrogens (tertiary/aromatic N) is 3. The molecule has 1 saturated heterocycles. The van der Waals surface area contributed by atoms with Gasteiger partial charge in [-0.15, -0.1) is 11.3 Å². The Hall–Kier alpha value is -2.70. The van der Waals surface area contributed by atoms with Crippen molar-refractivity contribution in [2.75, 3.05) is 32.1 Å². The maximum Gasteiger partial charge on any atom is 0.269 e. The Bertz CT molecular complexity index is 949. The van der Waals surface area contributed by atoms with Gasteiger partial charge in [-0.1, -0.05) is 12.1 Å². The fourth-order valence-corrected chi connectivity index (χ4v) is 4.37. The molecule has 3 aromatic rings. The third-order valence-corrected chi connectivity index (χ3v) is 6.23. The van der Waals surface area contributed by atoms with E-state index in [1.807, 2.05) is 64.9 Å². The van der Waals surface area contributed by atoms with Crippen molar-refractivity contribution in [3.8, 4) is 17.0 Å². The molecule has 0 N–H and O–H groups in total. The lowest BCUT2D eigenvalue weighted by molar-refractivity contribution is 0.0966. The molecule has 29 heavy (non-hydrogen) atoms. The van der Waals surface area contributed by atoms with Crippen molar-refractivity contribution in [3.05, 3.63) is 64.9 Å². The Labute approximate surface area is 175 Å². The van der Waals surface area contributed by atoms with E-state index in [0.717, 1.165) is 47.8 Å². The summed E-state index contributed by atoms with van der Waals surface area (Å²) < 4.78 is 5.25. The van der Waals surface area contributed by atoms with E-state index in [2.05, 4.69) is 11.9 Å². The Morgan fingerprint density at radius 1 is 1.10 bits per heavy atom. The second-order valence-corrected chi connectivity index (χ2v) is 8.24. The maximum absolute atomic E-state index is 13.4. The van der Waals surface area contributed by atoms with Crippen LogP contribution < -0.4 is 9.64 Å². The molecule has 0 spiro atoms. The number of hydrogen-bond donors (Lipinski definition) is 0. The van der Waals surface area contributed by atoms with E-state index in [1.165, 1.54) is 11.3 Å². The van der Waals surface area contributed by atoms with Gasteiger partial charge in [-0.25, -0.2) is 4.98 Å². The third-order valence-electron chi connectivity index (χ3n) is 5.37. The van der Waals surface area contributed by atoms with Crippen LogP contribution >= 0.6 is 11.3 Å². The molecule has 1 amide bonds. The van der Waals surface area contributed by atoms with E-state index in [4.69, 9.17) is 9.72 Å². The summed E-state index contributed by atoms with van der Waals surface area (Å²) in [4.78, 5) is 23.2. The number of rotatable bonds is 5. The van der Waals surface area contributed by atoms with E-state index < -0.39 is 0 Å². The predicted octanol–water partition coefficient (Wildman–Crippen LogP) is 4.56. The molecule has 1 aliphatic rings. The normalized spacial score (nSPS) is 15.2. The van der Waals surface area contributed by atoms with Crippen molar-refractivity contribution in [2.45, 2.75) is 18.9 Å². The van der Waals surface area contributed by atoms with Gasteiger partial charge in [0.1, 0.15) is 11.6 Å². The van der Waals surface area contributed by atoms with Crippen LogP contribution in [0.3, 0.4) is 0 Å². The van der Waals surface area contributed by atoms with Gasteiger partial charge in [0.15, 0.2) is 0 Å². The number of thiophene rings is 1. The van der Waals surface area contributed by atoms with Gasteiger partial charge >= 0.3 is 0 Å². The molecule has 0 radical (unpaired) electrons. The summed E-state index contributed by atoms with van der Waals surface area (Å²) in [5.74, 6) is 1.56. The molecule has 1 aromatic carbocycles. The number of likely N-dealkylation sites (tertiary alicyclic amines) is 1. The molecule has 150 valence electrons. The molecule has 4 rings (SSSR count). The Kier molecular flexibility index (Phi) is 5.92. The number of carbonyl (C=O) groups excluding carboxylic acids is 1. The van der Waals surface area contributed by atoms with Gasteiger partial charge in [0.25, 0.3) is 5.91 Å². The highest BCUT2D eigenvalue weighted by molar-refractivity contribution is 7.12. The summed E-state index contributed by atoms with van der Waals surface area (Å²) in [7, 11) is 3.79. The van der Waals surface area contributed by atoms with Gasteiger partial charge in [0.05, 0.1) is 17.7 Å². The van der Waals surface area contributed by atoms with Crippen LogP contribution in [-0.2, 0) is 0 Å². The summed E-state index contributed by atoms with van der Waals surface area (Å²) in [6, 6.07) is 17.7. The van der Waals surface area contributed by atoms with E-state index in [0.29, 0.717) is 5.82 Å². The number of pyridine rings is 1. The second kappa shape index (κ2) is 8.76. The van der Waals surface area contributed by atoms with Gasteiger partial charge in [-0.3, -0.25) is 9.69 Å². The van der Waals surface area contributed by atoms with Crippen molar-refractivity contribution in [3.63, 3.8) is 0 Å². The Balaban J connectivity index is 1.69. The largest absolute Gasteiger partial charge is 0.497 e. The Morgan fingerprint density at radius 3 is 2.52 bits per heavy atom. The van der Waals surface area contributed by atoms with Crippen molar-refractivity contribution in [1.29, 1.82) is 0 Å². The predicted molar refractivity (Wildman–Crippen MR) is 118 cm³/mol. The first-order valence-electron chi connectivity index (χ1n) is 9.83. The number of ether oxygens (including phenoxy) is 1. The van der Waals surface area contributed by atoms with Crippen LogP contribution in [0.1, 0.15) is 22.5 Å². The molecular formula is C23H25N3O2S. The van der Waals surface area contributed by atoms with Crippen LogP contribution in [0.15, 0.2) is 60.0 Å². The molecule has 0 saturated carbocycles. The molecule has 1 aliphatic heterocycles. The lowest BCUT2D eigenvalue weighted by atomic mass is 10.0. The minimum Gasteiger partial charge on any atom is -0.497 e. The zero-order valence-electron chi connectivity index (χ0n) is 16.7. The highest BCUT2D eigenvalue weighted by atomic mass is 32.1. The molecule has 6 heteroatoms. The first-order chi connectivity index (χ1) is 14.2. The number of benzene rings is 1. The summed E-state index contributed by atoms with van der Waals surface area (Å²) in [5, 5.41) is 1.95. The molecule has 3 heterocycles. The number of amides is 1. The van der Waals surface area contributed by atoms with Gasteiger partial charge < -0.3 is 9.64 Å². The van der Waals surface area contributed by atoms with E-state index in [9.17, 15) is 4.79 Å². The fraction of sp³-hybridized carbons (Fsp3) is 0.304. The Morgan fingerprint density at radius 2 is 1.86 bits per heavy atom. The lowest BCUT2D eigenvalue weighted by Crippen LogP contribution is -2.47. The van der Waals surface area contributed by atoms with Crippen LogP contribution in [0.2, 0.25) is 0 Å². The van der Waals surface area contributed by atoms with Crippen LogP contribution in [0.25, 0.3) is 11.3 Å². The molecule has 0 atom stereocenters. The number of aromatic nitrogens is 1. The molecule has 0 aliphatic carbocycles. The lowest BCUT2D eigenvalue weighted by Gasteiger charge is -2.36. The van der Waals surface area contributed by atoms with Crippen molar-refractivity contribution in [2.24, 2.45) is 0 Å². The molecular weight excluding hydrogens is 382 g/mol. The monoisotopic (exact) mass is 407 g/mol. The summed E-state index contributed by atoms with van der Waals surface area (Å²) >= 11 is 1.48. The molecule has 0 bridgehead atoms. The van der Waals surface area contributed by atoms with E-state index >= 15 is 0 Å². The van der Waals surface area contributed by atoms with E-state index in [1.54, 1.807) is 7.11 Å². The van der Waals surface area contributed by atoms with Crippen LogP contribution in [0.4, 0.5) is 5.82 Å². The van der Waals surface area contributed by atoms with Crippen molar-refractivity contribution >= 4 is 23.1 Å². The van der Waals surface area contributed by atoms with Gasteiger partial charge in [0.2, 0.25) is 0 Å². The third kappa shape index (κ3) is 4.33. The molecule has 2 aromatic heterocycles. The van der Waals surface area contributed by atoms with E-state index in [-0.39, 0.29) is 11.9 Å². The zero-order valence-corrected chi connectivity index (χ0v) is 17.6. The first-order valence-corrected chi connectivity index (χ1v) is 10.7. The zero-order chi connectivity index (χ0) is 20.2. The number of methoxy groups -OCH3 is 1. The standard InChI is InChI=1S/C23H25N3O2S/c1-25-14-12-18(13-15-25)26(23(27)21-6-4-16-29-21)22-7-3-5-20(24-22)17-8-10-19(28-2)11-9-17/h3-11,16,18H,12-15H2,1-2H3. The molecule has 1 fully saturated rings. The van der Waals surface area contributed by atoms with Crippen LogP contribution in [0.5, 0.6) is 5.75 Å². The van der Waals surface area contributed by atoms with Crippen molar-refractivity contribution < 1.29 is 9.53 Å². The molecule has 0 unspecified atom stereocenters. The molecule has 5 nitrogen and oxygen atoms in total. The average Bonchev–Trinajstić information content (AvgIpc) is 3.31. The van der Waals surface area contributed by atoms with Crippen molar-refractivity contribution in [1.82, 2.24) is 9.88 Å². The average molecular weight is 408 g/mol. The second-order valence-electron chi connectivity index (χ2n) is 7.30. The number of piperidine rings is 1. The SMILES string of the molecule is COc1ccc(-c2cccc(N(C(=O)c3cccs3)C3CCN(C)CC3)n2)cc1. The highest BCUT2D eigenvalue weighted by Gasteiger charge is 2.30. The minimum absolute atomic E-state index is 0.0360. The quantitative estimate of drug-likeness (QED) is 0.622. The summed E-state index contributed by atoms with van der Waals surface area (Å²) in [5.41, 5.74) is 1.85. The van der Waals surface area contributed by atoms with Gasteiger partial charge in [0, 0.05) is 11.6 Å². The first kappa shape index (κ1) is 19.6. The van der Waals surface area contributed by atoms with Gasteiger partial charge in [-0.2, -0.15) is 0 Å². The number of anilines is 1. The topological polar surface area (TPSA) is 45.7 Å². The maximum atomic E-state index is 13.4.